The third-order valence-corrected chi connectivity index (χ3v) is 5.48. The fourth-order valence-corrected chi connectivity index (χ4v) is 3.64. The molecular formula is C27H29NO7. The van der Waals surface area contributed by atoms with Crippen LogP contribution in [0.25, 0.3) is 0 Å². The van der Waals surface area contributed by atoms with Crippen LogP contribution in [-0.4, -0.2) is 56.4 Å². The second-order valence-electron chi connectivity index (χ2n) is 7.66. The number of methoxy groups -OCH3 is 3. The third kappa shape index (κ3) is 6.66. The number of carboxylic acid groups (broad SMARTS) is 1. The number of carbonyl (C=O) groups excluding carboxylic acids is 1. The first kappa shape index (κ1) is 25.4. The number of amides is 1. The molecule has 0 aliphatic carbocycles. The molecule has 0 saturated heterocycles. The number of hydrogen-bond donors (Lipinski definition) is 1. The van der Waals surface area contributed by atoms with Gasteiger partial charge in [0.15, 0.2) is 18.1 Å². The molecule has 35 heavy (non-hydrogen) atoms. The zero-order valence-corrected chi connectivity index (χ0v) is 20.0. The summed E-state index contributed by atoms with van der Waals surface area (Å²) in [5, 5.41) is 9.47. The largest absolute Gasteiger partial charge is 0.497 e. The number of benzene rings is 3. The van der Waals surface area contributed by atoms with Gasteiger partial charge >= 0.3 is 5.97 Å². The van der Waals surface area contributed by atoms with Crippen molar-refractivity contribution in [1.82, 2.24) is 4.90 Å². The van der Waals surface area contributed by atoms with Crippen LogP contribution in [0.2, 0.25) is 0 Å². The van der Waals surface area contributed by atoms with E-state index >= 15 is 0 Å². The van der Waals surface area contributed by atoms with E-state index in [4.69, 9.17) is 18.9 Å². The molecule has 0 saturated carbocycles. The molecule has 0 aliphatic rings. The standard InChI is InChI=1S/C27H29NO7/c1-32-21-12-13-22(27(30)31)24(16-21)35-18-25(29)28(15-14-19-8-5-4-6-9-19)17-20-10-7-11-23(33-2)26(20)34-3/h4-13,16H,14-15,17-18H2,1-3H3,(H,30,31). The van der Waals surface area contributed by atoms with Crippen molar-refractivity contribution in [2.24, 2.45) is 0 Å². The molecule has 3 rings (SSSR count). The molecule has 0 heterocycles. The van der Waals surface area contributed by atoms with Crippen molar-refractivity contribution in [2.75, 3.05) is 34.5 Å². The van der Waals surface area contributed by atoms with Gasteiger partial charge < -0.3 is 29.0 Å². The maximum atomic E-state index is 13.3. The zero-order valence-electron chi connectivity index (χ0n) is 20.0. The van der Waals surface area contributed by atoms with Crippen molar-refractivity contribution in [1.29, 1.82) is 0 Å². The van der Waals surface area contributed by atoms with Crippen LogP contribution in [0.3, 0.4) is 0 Å². The Kier molecular flexibility index (Phi) is 8.95. The second kappa shape index (κ2) is 12.3. The molecule has 8 nitrogen and oxygen atoms in total. The first-order chi connectivity index (χ1) is 17.0. The highest BCUT2D eigenvalue weighted by atomic mass is 16.5. The summed E-state index contributed by atoms with van der Waals surface area (Å²) in [4.78, 5) is 26.5. The van der Waals surface area contributed by atoms with E-state index in [0.29, 0.717) is 30.2 Å². The minimum Gasteiger partial charge on any atom is -0.497 e. The summed E-state index contributed by atoms with van der Waals surface area (Å²) >= 11 is 0. The van der Waals surface area contributed by atoms with E-state index in [9.17, 15) is 14.7 Å². The number of aromatic carboxylic acids is 1. The number of para-hydroxylation sites is 1. The van der Waals surface area contributed by atoms with Crippen LogP contribution in [0.4, 0.5) is 0 Å². The van der Waals surface area contributed by atoms with Crippen LogP contribution in [0.1, 0.15) is 21.5 Å². The molecule has 0 atom stereocenters. The van der Waals surface area contributed by atoms with E-state index in [-0.39, 0.29) is 30.4 Å². The molecule has 3 aromatic carbocycles. The van der Waals surface area contributed by atoms with Gasteiger partial charge in [-0.1, -0.05) is 42.5 Å². The Hall–Kier alpha value is -4.20. The van der Waals surface area contributed by atoms with Gasteiger partial charge in [-0.25, -0.2) is 4.79 Å². The summed E-state index contributed by atoms with van der Waals surface area (Å²) in [7, 11) is 4.58. The lowest BCUT2D eigenvalue weighted by Gasteiger charge is -2.25. The van der Waals surface area contributed by atoms with E-state index in [1.807, 2.05) is 42.5 Å². The number of hydrogen-bond acceptors (Lipinski definition) is 6. The molecule has 0 aliphatic heterocycles. The monoisotopic (exact) mass is 479 g/mol. The van der Waals surface area contributed by atoms with Gasteiger partial charge in [0.2, 0.25) is 0 Å². The highest BCUT2D eigenvalue weighted by Gasteiger charge is 2.20. The summed E-state index contributed by atoms with van der Waals surface area (Å²) in [6, 6.07) is 19.7. The van der Waals surface area contributed by atoms with Crippen LogP contribution in [0.15, 0.2) is 66.7 Å². The summed E-state index contributed by atoms with van der Waals surface area (Å²) < 4.78 is 21.8. The van der Waals surface area contributed by atoms with Gasteiger partial charge in [-0.05, 0) is 30.2 Å². The Labute approximate surface area is 204 Å². The van der Waals surface area contributed by atoms with Crippen molar-refractivity contribution in [2.45, 2.75) is 13.0 Å². The highest BCUT2D eigenvalue weighted by Crippen LogP contribution is 2.32. The predicted octanol–water partition coefficient (Wildman–Crippen LogP) is 4.06. The van der Waals surface area contributed by atoms with Gasteiger partial charge in [0.05, 0.1) is 21.3 Å². The minimum atomic E-state index is -1.16. The molecule has 0 unspecified atom stereocenters. The van der Waals surface area contributed by atoms with Crippen LogP contribution in [0, 0.1) is 0 Å². The number of rotatable bonds is 12. The van der Waals surface area contributed by atoms with Crippen molar-refractivity contribution in [3.8, 4) is 23.0 Å². The zero-order chi connectivity index (χ0) is 25.2. The number of nitrogens with zero attached hydrogens (tertiary/aromatic N) is 1. The van der Waals surface area contributed by atoms with Gasteiger partial charge in [0.1, 0.15) is 17.1 Å². The molecule has 0 bridgehead atoms. The van der Waals surface area contributed by atoms with Gasteiger partial charge in [0.25, 0.3) is 5.91 Å². The lowest BCUT2D eigenvalue weighted by atomic mass is 10.1. The number of carboxylic acids is 1. The van der Waals surface area contributed by atoms with Crippen molar-refractivity contribution in [3.05, 3.63) is 83.4 Å². The van der Waals surface area contributed by atoms with Crippen molar-refractivity contribution < 1.29 is 33.6 Å². The average Bonchev–Trinajstić information content (AvgIpc) is 2.89. The average molecular weight is 480 g/mol. The van der Waals surface area contributed by atoms with Gasteiger partial charge in [-0.2, -0.15) is 0 Å². The van der Waals surface area contributed by atoms with Crippen molar-refractivity contribution in [3.63, 3.8) is 0 Å². The lowest BCUT2D eigenvalue weighted by molar-refractivity contribution is -0.134. The van der Waals surface area contributed by atoms with Gasteiger partial charge in [0, 0.05) is 24.7 Å². The Morgan fingerprint density at radius 2 is 1.63 bits per heavy atom. The molecular weight excluding hydrogens is 450 g/mol. The van der Waals surface area contributed by atoms with E-state index < -0.39 is 5.97 Å². The Balaban J connectivity index is 1.82. The number of carbonyl (C=O) groups is 2. The summed E-state index contributed by atoms with van der Waals surface area (Å²) in [5.41, 5.74) is 1.81. The van der Waals surface area contributed by atoms with Crippen LogP contribution in [0.5, 0.6) is 23.0 Å². The smallest absolute Gasteiger partial charge is 0.339 e. The molecule has 0 radical (unpaired) electrons. The summed E-state index contributed by atoms with van der Waals surface area (Å²) in [6.45, 7) is 0.351. The molecule has 0 spiro atoms. The first-order valence-electron chi connectivity index (χ1n) is 11.0. The topological polar surface area (TPSA) is 94.5 Å². The fourth-order valence-electron chi connectivity index (χ4n) is 3.64. The Morgan fingerprint density at radius 1 is 0.857 bits per heavy atom. The Morgan fingerprint density at radius 3 is 2.29 bits per heavy atom. The second-order valence-corrected chi connectivity index (χ2v) is 7.66. The maximum absolute atomic E-state index is 13.3. The van der Waals surface area contributed by atoms with E-state index in [0.717, 1.165) is 11.1 Å². The molecule has 1 N–H and O–H groups in total. The first-order valence-corrected chi connectivity index (χ1v) is 11.0. The highest BCUT2D eigenvalue weighted by molar-refractivity contribution is 5.91. The Bertz CT molecular complexity index is 1150. The van der Waals surface area contributed by atoms with Gasteiger partial charge in [-0.3, -0.25) is 4.79 Å². The molecule has 3 aromatic rings. The SMILES string of the molecule is COc1ccc(C(=O)O)c(OCC(=O)N(CCc2ccccc2)Cc2cccc(OC)c2OC)c1. The van der Waals surface area contributed by atoms with Gasteiger partial charge in [-0.15, -0.1) is 0 Å². The van der Waals surface area contributed by atoms with E-state index in [1.165, 1.54) is 25.3 Å². The quantitative estimate of drug-likeness (QED) is 0.419. The fraction of sp³-hybridized carbons (Fsp3) is 0.259. The van der Waals surface area contributed by atoms with E-state index in [1.54, 1.807) is 25.2 Å². The van der Waals surface area contributed by atoms with Crippen LogP contribution < -0.4 is 18.9 Å². The van der Waals surface area contributed by atoms with Crippen LogP contribution >= 0.6 is 0 Å². The predicted molar refractivity (Wildman–Crippen MR) is 131 cm³/mol. The minimum absolute atomic E-state index is 0.0519. The molecule has 1 amide bonds. The number of ether oxygens (including phenoxy) is 4. The molecule has 0 aromatic heterocycles. The molecule has 0 fully saturated rings. The van der Waals surface area contributed by atoms with Crippen molar-refractivity contribution >= 4 is 11.9 Å². The summed E-state index contributed by atoms with van der Waals surface area (Å²) in [5.74, 6) is 0.155. The maximum Gasteiger partial charge on any atom is 0.339 e. The molecule has 8 heteroatoms. The van der Waals surface area contributed by atoms with Crippen LogP contribution in [-0.2, 0) is 17.8 Å². The summed E-state index contributed by atoms with van der Waals surface area (Å²) in [6.07, 6.45) is 0.637. The van der Waals surface area contributed by atoms with E-state index in [2.05, 4.69) is 0 Å². The third-order valence-electron chi connectivity index (χ3n) is 5.48. The lowest BCUT2D eigenvalue weighted by Crippen LogP contribution is -2.36. The normalized spacial score (nSPS) is 10.4. The molecule has 184 valence electrons.